The van der Waals surface area contributed by atoms with Gasteiger partial charge >= 0.3 is 5.97 Å². The van der Waals surface area contributed by atoms with Crippen molar-refractivity contribution in [1.29, 1.82) is 0 Å². The average Bonchev–Trinajstić information content (AvgIpc) is 3.74. The van der Waals surface area contributed by atoms with Crippen LogP contribution in [0, 0.1) is 0 Å². The number of hydrogen-bond donors (Lipinski definition) is 3. The smallest absolute Gasteiger partial charge is 0.352 e. The summed E-state index contributed by atoms with van der Waals surface area (Å²) in [6, 6.07) is 2.54. The van der Waals surface area contributed by atoms with Crippen molar-refractivity contribution in [2.45, 2.75) is 49.6 Å². The number of allylic oxidation sites excluding steroid dienone is 1. The Bertz CT molecular complexity index is 1530. The van der Waals surface area contributed by atoms with E-state index in [0.29, 0.717) is 29.8 Å². The van der Waals surface area contributed by atoms with Crippen LogP contribution < -0.4 is 16.0 Å². The molecule has 218 valence electrons. The van der Waals surface area contributed by atoms with Gasteiger partial charge in [-0.25, -0.2) is 9.78 Å². The van der Waals surface area contributed by atoms with E-state index in [1.165, 1.54) is 16.7 Å². The predicted molar refractivity (Wildman–Crippen MR) is 155 cm³/mol. The molecule has 1 saturated carbocycles. The van der Waals surface area contributed by atoms with Crippen LogP contribution in [0.5, 0.6) is 0 Å². The van der Waals surface area contributed by atoms with Gasteiger partial charge in [-0.3, -0.25) is 24.3 Å². The molecule has 3 aliphatic heterocycles. The maximum Gasteiger partial charge on any atom is 0.352 e. The molecule has 2 aromatic heterocycles. The molecule has 2 saturated heterocycles. The van der Waals surface area contributed by atoms with Crippen molar-refractivity contribution in [2.24, 2.45) is 5.16 Å². The number of carbonyl (C=O) groups excluding carboxylic acids is 3. The molecule has 0 radical (unpaired) electrons. The van der Waals surface area contributed by atoms with E-state index in [2.05, 4.69) is 20.4 Å². The highest BCUT2D eigenvalue weighted by Gasteiger charge is 2.54. The number of hydrogen-bond acceptors (Lipinski definition) is 11. The van der Waals surface area contributed by atoms with Crippen LogP contribution in [0.25, 0.3) is 0 Å². The van der Waals surface area contributed by atoms with Crippen LogP contribution in [0.1, 0.15) is 37.8 Å². The maximum atomic E-state index is 13.3. The normalized spacial score (nSPS) is 23.8. The molecule has 4 aliphatic rings. The predicted octanol–water partition coefficient (Wildman–Crippen LogP) is 1.89. The van der Waals surface area contributed by atoms with Gasteiger partial charge in [-0.1, -0.05) is 5.16 Å². The highest BCUT2D eigenvalue weighted by Crippen LogP contribution is 2.41. The Balaban J connectivity index is 1.20. The number of thiazole rings is 1. The summed E-state index contributed by atoms with van der Waals surface area (Å²) in [5.74, 6) is -2.53. The van der Waals surface area contributed by atoms with E-state index in [0.717, 1.165) is 37.0 Å². The number of oxime groups is 1. The van der Waals surface area contributed by atoms with Gasteiger partial charge in [0.15, 0.2) is 10.8 Å². The number of fused-ring (bicyclic) bond motifs is 1. The fourth-order valence-corrected chi connectivity index (χ4v) is 7.26. The lowest BCUT2D eigenvalue weighted by Crippen LogP contribution is -2.71. The zero-order valence-corrected chi connectivity index (χ0v) is 23.9. The summed E-state index contributed by atoms with van der Waals surface area (Å²) < 4.78 is 0. The summed E-state index contributed by atoms with van der Waals surface area (Å²) in [6.07, 6.45) is 8.82. The van der Waals surface area contributed by atoms with Gasteiger partial charge in [-0.2, -0.15) is 0 Å². The highest BCUT2D eigenvalue weighted by molar-refractivity contribution is 8.00. The molecule has 3 fully saturated rings. The molecule has 0 unspecified atom stereocenters. The topological polar surface area (TPSA) is 180 Å². The average molecular weight is 610 g/mol. The molecule has 1 aliphatic carbocycles. The van der Waals surface area contributed by atoms with Gasteiger partial charge in [0.2, 0.25) is 0 Å². The SMILES string of the molecule is Nc1nc(/C(=N/OC2CCCC2)C(=O)N[C@@H]2C(=O)N3C(C(=O)O)=C(/C=C4\CCN(c5cccnc5)C4=O)CS[C@H]23)cs1. The van der Waals surface area contributed by atoms with Crippen LogP contribution in [0.3, 0.4) is 0 Å². The van der Waals surface area contributed by atoms with Gasteiger partial charge in [0, 0.05) is 29.4 Å². The largest absolute Gasteiger partial charge is 0.477 e. The quantitative estimate of drug-likeness (QED) is 0.173. The lowest BCUT2D eigenvalue weighted by Gasteiger charge is -2.49. The maximum absolute atomic E-state index is 13.3. The third kappa shape index (κ3) is 5.25. The van der Waals surface area contributed by atoms with E-state index in [9.17, 15) is 24.3 Å². The molecule has 15 heteroatoms. The first-order valence-electron chi connectivity index (χ1n) is 13.4. The zero-order chi connectivity index (χ0) is 29.4. The van der Waals surface area contributed by atoms with E-state index >= 15 is 0 Å². The molecule has 6 rings (SSSR count). The lowest BCUT2D eigenvalue weighted by molar-refractivity contribution is -0.150. The number of aliphatic carboxylic acids is 1. The molecular weight excluding hydrogens is 582 g/mol. The lowest BCUT2D eigenvalue weighted by atomic mass is 10.0. The number of nitrogens with two attached hydrogens (primary N) is 1. The minimum atomic E-state index is -1.29. The van der Waals surface area contributed by atoms with Crippen molar-refractivity contribution in [3.8, 4) is 0 Å². The van der Waals surface area contributed by atoms with Crippen molar-refractivity contribution < 1.29 is 29.1 Å². The van der Waals surface area contributed by atoms with E-state index in [1.807, 2.05) is 0 Å². The van der Waals surface area contributed by atoms with Crippen LogP contribution in [0.4, 0.5) is 10.8 Å². The second kappa shape index (κ2) is 11.6. The van der Waals surface area contributed by atoms with E-state index in [-0.39, 0.29) is 40.0 Å². The molecule has 13 nitrogen and oxygen atoms in total. The molecule has 4 N–H and O–H groups in total. The number of carboxylic acid groups (broad SMARTS) is 1. The Morgan fingerprint density at radius 3 is 2.76 bits per heavy atom. The second-order valence-electron chi connectivity index (χ2n) is 10.2. The third-order valence-corrected chi connectivity index (χ3v) is 9.47. The number of amides is 3. The monoisotopic (exact) mass is 609 g/mol. The van der Waals surface area contributed by atoms with Crippen molar-refractivity contribution in [3.63, 3.8) is 0 Å². The fourth-order valence-electron chi connectivity index (χ4n) is 5.40. The Morgan fingerprint density at radius 1 is 1.26 bits per heavy atom. The number of carboxylic acids is 1. The zero-order valence-electron chi connectivity index (χ0n) is 22.3. The second-order valence-corrected chi connectivity index (χ2v) is 12.1. The van der Waals surface area contributed by atoms with Crippen molar-refractivity contribution >= 4 is 63.3 Å². The van der Waals surface area contributed by atoms with E-state index in [1.54, 1.807) is 40.9 Å². The van der Waals surface area contributed by atoms with Crippen molar-refractivity contribution in [2.75, 3.05) is 22.9 Å². The molecular formula is C27H27N7O6S2. The summed E-state index contributed by atoms with van der Waals surface area (Å²) in [5.41, 5.74) is 7.18. The number of anilines is 2. The molecule has 2 atom stereocenters. The number of rotatable bonds is 8. The van der Waals surface area contributed by atoms with Gasteiger partial charge in [-0.15, -0.1) is 23.1 Å². The minimum absolute atomic E-state index is 0.0979. The Labute approximate surface area is 248 Å². The first kappa shape index (κ1) is 27.9. The number of nitrogens with zero attached hydrogens (tertiary/aromatic N) is 5. The van der Waals surface area contributed by atoms with Crippen LogP contribution >= 0.6 is 23.1 Å². The van der Waals surface area contributed by atoms with Crippen molar-refractivity contribution in [3.05, 3.63) is 58.5 Å². The number of aromatic nitrogens is 2. The summed E-state index contributed by atoms with van der Waals surface area (Å²) in [6.45, 7) is 0.442. The molecule has 42 heavy (non-hydrogen) atoms. The molecule has 0 aromatic carbocycles. The first-order valence-corrected chi connectivity index (χ1v) is 15.3. The number of pyridine rings is 1. The number of nitrogen functional groups attached to an aromatic ring is 1. The van der Waals surface area contributed by atoms with Crippen LogP contribution in [0.2, 0.25) is 0 Å². The van der Waals surface area contributed by atoms with Crippen LogP contribution in [0.15, 0.2) is 58.0 Å². The Morgan fingerprint density at radius 2 is 2.07 bits per heavy atom. The first-order chi connectivity index (χ1) is 20.3. The number of carbonyl (C=O) groups is 4. The standard InChI is InChI=1S/C27H27N7O6S2/c28-27-30-18(13-42-27)19(32-40-17-5-1-2-6-17)22(35)31-20-24(37)34-21(26(38)39)15(12-41-25(20)34)10-14-7-9-33(23(14)36)16-4-3-8-29-11-16/h3-4,8,10-11,13,17,20,25H,1-2,5-7,9,12H2,(H2,28,30)(H,31,35)(H,38,39)/b14-10+,32-19-/t20-,25-/m1/s1. The summed E-state index contributed by atoms with van der Waals surface area (Å²) in [7, 11) is 0. The van der Waals surface area contributed by atoms with E-state index < -0.39 is 29.2 Å². The van der Waals surface area contributed by atoms with Gasteiger partial charge in [0.25, 0.3) is 17.7 Å². The number of nitrogens with one attached hydrogen (secondary N) is 1. The summed E-state index contributed by atoms with van der Waals surface area (Å²) in [5, 5.41) is 18.0. The van der Waals surface area contributed by atoms with Gasteiger partial charge in [0.05, 0.1) is 11.9 Å². The van der Waals surface area contributed by atoms with Gasteiger partial charge < -0.3 is 25.9 Å². The Kier molecular flexibility index (Phi) is 7.68. The third-order valence-electron chi connectivity index (χ3n) is 7.49. The Hall–Kier alpha value is -4.24. The minimum Gasteiger partial charge on any atom is -0.477 e. The molecule has 0 bridgehead atoms. The summed E-state index contributed by atoms with van der Waals surface area (Å²) >= 11 is 2.45. The molecule has 3 amide bonds. The van der Waals surface area contributed by atoms with Crippen molar-refractivity contribution in [1.82, 2.24) is 20.2 Å². The van der Waals surface area contributed by atoms with Crippen LogP contribution in [-0.4, -0.2) is 79.2 Å². The molecule has 2 aromatic rings. The van der Waals surface area contributed by atoms with Gasteiger partial charge in [-0.05, 0) is 55.9 Å². The van der Waals surface area contributed by atoms with Gasteiger partial charge in [0.1, 0.15) is 28.9 Å². The number of β-lactam (4-membered cyclic amide) rings is 1. The molecule has 0 spiro atoms. The molecule has 5 heterocycles. The fraction of sp³-hybridized carbons (Fsp3) is 0.370. The summed E-state index contributed by atoms with van der Waals surface area (Å²) in [4.78, 5) is 68.5. The highest BCUT2D eigenvalue weighted by atomic mass is 32.2. The van der Waals surface area contributed by atoms with Crippen LogP contribution in [-0.2, 0) is 24.0 Å². The van der Waals surface area contributed by atoms with E-state index in [4.69, 9.17) is 10.6 Å². The number of thioether (sulfide) groups is 1.